The number of amides is 1. The zero-order valence-corrected chi connectivity index (χ0v) is 16.8. The van der Waals surface area contributed by atoms with Crippen LogP contribution in [0.2, 0.25) is 0 Å². The number of hydrogen-bond donors (Lipinski definition) is 1. The SMILES string of the molecule is Cc1ccc(NC(=O)Cc2ccc(S(=O)(=O)N3CCCCC3)s2)c(C)c1. The third-order valence-corrected chi connectivity index (χ3v) is 7.99. The van der Waals surface area contributed by atoms with Crippen LogP contribution in [0.3, 0.4) is 0 Å². The number of sulfonamides is 1. The molecule has 1 fully saturated rings. The van der Waals surface area contributed by atoms with E-state index in [9.17, 15) is 13.2 Å². The van der Waals surface area contributed by atoms with Gasteiger partial charge in [0, 0.05) is 23.7 Å². The molecule has 0 saturated carbocycles. The Morgan fingerprint density at radius 3 is 2.54 bits per heavy atom. The largest absolute Gasteiger partial charge is 0.326 e. The molecule has 2 aromatic rings. The Bertz CT molecular complexity index is 897. The van der Waals surface area contributed by atoms with Crippen LogP contribution in [0.15, 0.2) is 34.5 Å². The highest BCUT2D eigenvalue weighted by Crippen LogP contribution is 2.27. The highest BCUT2D eigenvalue weighted by atomic mass is 32.2. The topological polar surface area (TPSA) is 66.5 Å². The Hall–Kier alpha value is -1.70. The van der Waals surface area contributed by atoms with Gasteiger partial charge < -0.3 is 5.32 Å². The minimum absolute atomic E-state index is 0.138. The fourth-order valence-corrected chi connectivity index (χ4v) is 6.16. The first-order valence-corrected chi connectivity index (χ1v) is 11.1. The number of carbonyl (C=O) groups is 1. The molecule has 0 bridgehead atoms. The number of thiophene rings is 1. The Morgan fingerprint density at radius 1 is 1.12 bits per heavy atom. The fourth-order valence-electron chi connectivity index (χ4n) is 3.13. The van der Waals surface area contributed by atoms with E-state index in [4.69, 9.17) is 0 Å². The molecule has 1 amide bonds. The van der Waals surface area contributed by atoms with E-state index in [0.717, 1.165) is 41.0 Å². The lowest BCUT2D eigenvalue weighted by Gasteiger charge is -2.25. The van der Waals surface area contributed by atoms with Crippen molar-refractivity contribution >= 4 is 33.0 Å². The summed E-state index contributed by atoms with van der Waals surface area (Å²) in [7, 11) is -3.43. The predicted octanol–water partition coefficient (Wildman–Crippen LogP) is 3.72. The second-order valence-electron chi connectivity index (χ2n) is 6.73. The summed E-state index contributed by atoms with van der Waals surface area (Å²) in [6.45, 7) is 5.14. The van der Waals surface area contributed by atoms with Crippen LogP contribution in [-0.2, 0) is 21.2 Å². The van der Waals surface area contributed by atoms with Crippen molar-refractivity contribution in [3.8, 4) is 0 Å². The molecule has 0 aliphatic carbocycles. The maximum absolute atomic E-state index is 12.7. The first-order chi connectivity index (χ1) is 12.4. The van der Waals surface area contributed by atoms with E-state index in [0.29, 0.717) is 17.3 Å². The first kappa shape index (κ1) is 19.1. The highest BCUT2D eigenvalue weighted by molar-refractivity contribution is 7.91. The average Bonchev–Trinajstić information content (AvgIpc) is 3.07. The van der Waals surface area contributed by atoms with Gasteiger partial charge in [-0.05, 0) is 50.5 Å². The number of hydrogen-bond acceptors (Lipinski definition) is 4. The molecule has 0 spiro atoms. The summed E-state index contributed by atoms with van der Waals surface area (Å²) in [4.78, 5) is 13.1. The van der Waals surface area contributed by atoms with Crippen molar-refractivity contribution in [1.82, 2.24) is 4.31 Å². The molecule has 1 aromatic heterocycles. The lowest BCUT2D eigenvalue weighted by atomic mass is 10.1. The lowest BCUT2D eigenvalue weighted by molar-refractivity contribution is -0.115. The minimum atomic E-state index is -3.43. The molecule has 1 N–H and O–H groups in total. The molecule has 1 aliphatic heterocycles. The molecule has 0 atom stereocenters. The van der Waals surface area contributed by atoms with Crippen molar-refractivity contribution in [3.63, 3.8) is 0 Å². The summed E-state index contributed by atoms with van der Waals surface area (Å²) in [5.41, 5.74) is 2.95. The number of piperidine rings is 1. The molecule has 26 heavy (non-hydrogen) atoms. The zero-order chi connectivity index (χ0) is 18.7. The van der Waals surface area contributed by atoms with E-state index in [1.807, 2.05) is 32.0 Å². The minimum Gasteiger partial charge on any atom is -0.326 e. The number of anilines is 1. The molecular weight excluding hydrogens is 368 g/mol. The van der Waals surface area contributed by atoms with Crippen LogP contribution in [0.4, 0.5) is 5.69 Å². The maximum atomic E-state index is 12.7. The van der Waals surface area contributed by atoms with Crippen molar-refractivity contribution in [2.75, 3.05) is 18.4 Å². The molecule has 140 valence electrons. The summed E-state index contributed by atoms with van der Waals surface area (Å²) >= 11 is 1.19. The number of carbonyl (C=O) groups excluding carboxylic acids is 1. The van der Waals surface area contributed by atoms with Crippen molar-refractivity contribution in [2.24, 2.45) is 0 Å². The van der Waals surface area contributed by atoms with Crippen molar-refractivity contribution in [2.45, 2.75) is 43.7 Å². The van der Waals surface area contributed by atoms with Crippen molar-refractivity contribution in [3.05, 3.63) is 46.3 Å². The van der Waals surface area contributed by atoms with Gasteiger partial charge in [-0.3, -0.25) is 4.79 Å². The van der Waals surface area contributed by atoms with Gasteiger partial charge in [0.25, 0.3) is 10.0 Å². The first-order valence-electron chi connectivity index (χ1n) is 8.82. The number of nitrogens with zero attached hydrogens (tertiary/aromatic N) is 1. The fraction of sp³-hybridized carbons (Fsp3) is 0.421. The molecule has 1 aliphatic rings. The summed E-state index contributed by atoms with van der Waals surface area (Å²) < 4.78 is 27.3. The number of nitrogens with one attached hydrogen (secondary N) is 1. The molecule has 1 aromatic carbocycles. The standard InChI is InChI=1S/C19H24N2O3S2/c1-14-6-8-17(15(2)12-14)20-18(22)13-16-7-9-19(25-16)26(23,24)21-10-4-3-5-11-21/h6-9,12H,3-5,10-11,13H2,1-2H3,(H,20,22). The van der Waals surface area contributed by atoms with E-state index in [2.05, 4.69) is 5.32 Å². The van der Waals surface area contributed by atoms with Gasteiger partial charge in [-0.25, -0.2) is 8.42 Å². The van der Waals surface area contributed by atoms with Crippen LogP contribution in [0, 0.1) is 13.8 Å². The Kier molecular flexibility index (Phi) is 5.79. The van der Waals surface area contributed by atoms with Gasteiger partial charge in [-0.2, -0.15) is 4.31 Å². The zero-order valence-electron chi connectivity index (χ0n) is 15.1. The van der Waals surface area contributed by atoms with Crippen molar-refractivity contribution < 1.29 is 13.2 Å². The van der Waals surface area contributed by atoms with Crippen LogP contribution in [0.1, 0.15) is 35.3 Å². The van der Waals surface area contributed by atoms with E-state index in [1.165, 1.54) is 11.3 Å². The van der Waals surface area contributed by atoms with E-state index in [-0.39, 0.29) is 12.3 Å². The molecule has 0 radical (unpaired) electrons. The van der Waals surface area contributed by atoms with Crippen LogP contribution in [-0.4, -0.2) is 31.7 Å². The number of rotatable bonds is 5. The van der Waals surface area contributed by atoms with E-state index in [1.54, 1.807) is 16.4 Å². The van der Waals surface area contributed by atoms with Gasteiger partial charge in [-0.15, -0.1) is 11.3 Å². The molecule has 1 saturated heterocycles. The summed E-state index contributed by atoms with van der Waals surface area (Å²) in [5, 5.41) is 2.91. The Balaban J connectivity index is 1.67. The van der Waals surface area contributed by atoms with Gasteiger partial charge in [0.2, 0.25) is 5.91 Å². The number of benzene rings is 1. The van der Waals surface area contributed by atoms with Crippen LogP contribution in [0.5, 0.6) is 0 Å². The predicted molar refractivity (Wildman–Crippen MR) is 105 cm³/mol. The summed E-state index contributed by atoms with van der Waals surface area (Å²) in [6.07, 6.45) is 3.08. The maximum Gasteiger partial charge on any atom is 0.252 e. The second-order valence-corrected chi connectivity index (χ2v) is 10.1. The molecule has 3 rings (SSSR count). The Labute approximate surface area is 159 Å². The summed E-state index contributed by atoms with van der Waals surface area (Å²) in [5.74, 6) is -0.138. The van der Waals surface area contributed by atoms with Gasteiger partial charge in [0.15, 0.2) is 0 Å². The third kappa shape index (κ3) is 4.34. The molecule has 7 heteroatoms. The van der Waals surface area contributed by atoms with Gasteiger partial charge in [0.1, 0.15) is 4.21 Å². The summed E-state index contributed by atoms with van der Waals surface area (Å²) in [6, 6.07) is 9.22. The smallest absolute Gasteiger partial charge is 0.252 e. The van der Waals surface area contributed by atoms with E-state index < -0.39 is 10.0 Å². The monoisotopic (exact) mass is 392 g/mol. The van der Waals surface area contributed by atoms with Gasteiger partial charge in [-0.1, -0.05) is 24.1 Å². The van der Waals surface area contributed by atoms with Crippen molar-refractivity contribution in [1.29, 1.82) is 0 Å². The van der Waals surface area contributed by atoms with Gasteiger partial charge in [0.05, 0.1) is 6.42 Å². The van der Waals surface area contributed by atoms with Gasteiger partial charge >= 0.3 is 0 Å². The molecule has 2 heterocycles. The average molecular weight is 393 g/mol. The quantitative estimate of drug-likeness (QED) is 0.843. The van der Waals surface area contributed by atoms with Crippen LogP contribution >= 0.6 is 11.3 Å². The second kappa shape index (κ2) is 7.90. The normalized spacial score (nSPS) is 15.8. The number of aryl methyl sites for hydroxylation is 2. The molecule has 0 unspecified atom stereocenters. The molecular formula is C19H24N2O3S2. The van der Waals surface area contributed by atoms with Crippen LogP contribution in [0.25, 0.3) is 0 Å². The van der Waals surface area contributed by atoms with Crippen LogP contribution < -0.4 is 5.32 Å². The highest BCUT2D eigenvalue weighted by Gasteiger charge is 2.27. The lowest BCUT2D eigenvalue weighted by Crippen LogP contribution is -2.35. The molecule has 5 nitrogen and oxygen atoms in total. The third-order valence-electron chi connectivity index (χ3n) is 4.54. The van der Waals surface area contributed by atoms with E-state index >= 15 is 0 Å². The Morgan fingerprint density at radius 2 is 1.85 bits per heavy atom.